The lowest BCUT2D eigenvalue weighted by molar-refractivity contribution is -0.119. The Kier molecular flexibility index (Phi) is 3.73. The minimum Gasteiger partial charge on any atom is -0.320 e. The van der Waals surface area contributed by atoms with Crippen molar-refractivity contribution in [1.29, 1.82) is 5.26 Å². The van der Waals surface area contributed by atoms with Crippen LogP contribution in [0.3, 0.4) is 0 Å². The van der Waals surface area contributed by atoms with E-state index in [1.807, 2.05) is 35.8 Å². The van der Waals surface area contributed by atoms with Gasteiger partial charge in [0.15, 0.2) is 5.78 Å². The van der Waals surface area contributed by atoms with Crippen LogP contribution in [-0.2, 0) is 17.8 Å². The fourth-order valence-electron chi connectivity index (χ4n) is 2.04. The summed E-state index contributed by atoms with van der Waals surface area (Å²) in [5.74, 6) is 0.850. The highest BCUT2D eigenvalue weighted by molar-refractivity contribution is 5.82. The third-order valence-electron chi connectivity index (χ3n) is 2.83. The summed E-state index contributed by atoms with van der Waals surface area (Å²) in [7, 11) is 0. The monoisotopic (exact) mass is 241 g/mol. The number of para-hydroxylation sites is 2. The lowest BCUT2D eigenvalue weighted by atomic mass is 10.2. The summed E-state index contributed by atoms with van der Waals surface area (Å²) in [6.45, 7) is 2.30. The fourth-order valence-corrected chi connectivity index (χ4v) is 2.04. The van der Waals surface area contributed by atoms with E-state index in [2.05, 4.69) is 11.1 Å². The van der Waals surface area contributed by atoms with E-state index in [4.69, 9.17) is 5.26 Å². The zero-order valence-electron chi connectivity index (χ0n) is 10.4. The molecule has 0 amide bonds. The Morgan fingerprint density at radius 1 is 1.44 bits per heavy atom. The van der Waals surface area contributed by atoms with Crippen molar-refractivity contribution in [2.24, 2.45) is 0 Å². The summed E-state index contributed by atoms with van der Waals surface area (Å²) >= 11 is 0. The highest BCUT2D eigenvalue weighted by Gasteiger charge is 2.12. The van der Waals surface area contributed by atoms with E-state index in [0.29, 0.717) is 18.8 Å². The molecule has 0 bridgehead atoms. The molecule has 4 heteroatoms. The van der Waals surface area contributed by atoms with Crippen molar-refractivity contribution in [3.63, 3.8) is 0 Å². The molecule has 92 valence electrons. The number of rotatable bonds is 5. The SMILES string of the molecule is CCCC(=O)Cn1c(CC#N)nc2ccccc21. The maximum absolute atomic E-state index is 11.8. The fraction of sp³-hybridized carbons (Fsp3) is 0.357. The van der Waals surface area contributed by atoms with Crippen molar-refractivity contribution in [1.82, 2.24) is 9.55 Å². The van der Waals surface area contributed by atoms with Crippen LogP contribution in [0.15, 0.2) is 24.3 Å². The molecule has 2 rings (SSSR count). The number of nitrogens with zero attached hydrogens (tertiary/aromatic N) is 3. The van der Waals surface area contributed by atoms with Crippen LogP contribution in [0.25, 0.3) is 11.0 Å². The van der Waals surface area contributed by atoms with Gasteiger partial charge in [-0.05, 0) is 18.6 Å². The Labute approximate surface area is 106 Å². The number of benzene rings is 1. The molecule has 0 N–H and O–H groups in total. The second kappa shape index (κ2) is 5.46. The Bertz CT molecular complexity index is 607. The number of imidazole rings is 1. The summed E-state index contributed by atoms with van der Waals surface area (Å²) in [6.07, 6.45) is 1.64. The van der Waals surface area contributed by atoms with Gasteiger partial charge in [0.25, 0.3) is 0 Å². The zero-order chi connectivity index (χ0) is 13.0. The van der Waals surface area contributed by atoms with E-state index < -0.39 is 0 Å². The summed E-state index contributed by atoms with van der Waals surface area (Å²) in [5, 5.41) is 8.82. The average molecular weight is 241 g/mol. The summed E-state index contributed by atoms with van der Waals surface area (Å²) < 4.78 is 1.86. The molecule has 0 saturated carbocycles. The van der Waals surface area contributed by atoms with Crippen LogP contribution in [0.2, 0.25) is 0 Å². The van der Waals surface area contributed by atoms with Crippen LogP contribution in [0.4, 0.5) is 0 Å². The number of fused-ring (bicyclic) bond motifs is 1. The van der Waals surface area contributed by atoms with E-state index in [-0.39, 0.29) is 12.2 Å². The van der Waals surface area contributed by atoms with Gasteiger partial charge in [-0.1, -0.05) is 19.1 Å². The number of ketones is 1. The molecular weight excluding hydrogens is 226 g/mol. The topological polar surface area (TPSA) is 58.7 Å². The Hall–Kier alpha value is -2.15. The smallest absolute Gasteiger partial charge is 0.152 e. The normalized spacial score (nSPS) is 10.4. The largest absolute Gasteiger partial charge is 0.320 e. The van der Waals surface area contributed by atoms with Gasteiger partial charge in [-0.3, -0.25) is 4.79 Å². The minimum atomic E-state index is 0.180. The first-order chi connectivity index (χ1) is 8.76. The average Bonchev–Trinajstić information content (AvgIpc) is 2.69. The second-order valence-corrected chi connectivity index (χ2v) is 4.23. The molecule has 0 aliphatic heterocycles. The highest BCUT2D eigenvalue weighted by Crippen LogP contribution is 2.16. The van der Waals surface area contributed by atoms with Crippen LogP contribution < -0.4 is 0 Å². The van der Waals surface area contributed by atoms with E-state index in [0.717, 1.165) is 17.5 Å². The van der Waals surface area contributed by atoms with Crippen LogP contribution in [0, 0.1) is 11.3 Å². The molecule has 18 heavy (non-hydrogen) atoms. The minimum absolute atomic E-state index is 0.180. The maximum atomic E-state index is 11.8. The van der Waals surface area contributed by atoms with E-state index >= 15 is 0 Å². The van der Waals surface area contributed by atoms with Crippen LogP contribution in [0.1, 0.15) is 25.6 Å². The molecule has 1 heterocycles. The lowest BCUT2D eigenvalue weighted by Gasteiger charge is -2.06. The van der Waals surface area contributed by atoms with E-state index in [9.17, 15) is 4.79 Å². The van der Waals surface area contributed by atoms with Crippen LogP contribution >= 0.6 is 0 Å². The Balaban J connectivity index is 2.42. The van der Waals surface area contributed by atoms with Gasteiger partial charge in [0.05, 0.1) is 30.1 Å². The summed E-state index contributed by atoms with van der Waals surface area (Å²) in [4.78, 5) is 16.2. The number of carbonyl (C=O) groups is 1. The molecule has 1 aromatic carbocycles. The van der Waals surface area contributed by atoms with Gasteiger partial charge in [-0.25, -0.2) is 4.98 Å². The standard InChI is InChI=1S/C14H15N3O/c1-2-5-11(18)10-17-13-7-4-3-6-12(13)16-14(17)8-9-15/h3-4,6-7H,2,5,8,10H2,1H3. The number of carbonyl (C=O) groups excluding carboxylic acids is 1. The number of hydrogen-bond acceptors (Lipinski definition) is 3. The second-order valence-electron chi connectivity index (χ2n) is 4.23. The molecule has 0 saturated heterocycles. The van der Waals surface area contributed by atoms with Gasteiger partial charge in [-0.2, -0.15) is 5.26 Å². The summed E-state index contributed by atoms with van der Waals surface area (Å²) in [6, 6.07) is 9.75. The lowest BCUT2D eigenvalue weighted by Crippen LogP contribution is -2.12. The molecule has 1 aromatic heterocycles. The predicted molar refractivity (Wildman–Crippen MR) is 69.0 cm³/mol. The number of hydrogen-bond donors (Lipinski definition) is 0. The first-order valence-corrected chi connectivity index (χ1v) is 6.09. The van der Waals surface area contributed by atoms with Crippen molar-refractivity contribution >= 4 is 16.8 Å². The van der Waals surface area contributed by atoms with Crippen LogP contribution in [0.5, 0.6) is 0 Å². The van der Waals surface area contributed by atoms with E-state index in [1.54, 1.807) is 0 Å². The molecule has 0 spiro atoms. The molecule has 0 atom stereocenters. The first-order valence-electron chi connectivity index (χ1n) is 6.09. The van der Waals surface area contributed by atoms with Gasteiger partial charge in [0, 0.05) is 6.42 Å². The maximum Gasteiger partial charge on any atom is 0.152 e. The van der Waals surface area contributed by atoms with Crippen molar-refractivity contribution < 1.29 is 4.79 Å². The van der Waals surface area contributed by atoms with Gasteiger partial charge in [0.2, 0.25) is 0 Å². The Morgan fingerprint density at radius 3 is 2.94 bits per heavy atom. The molecule has 2 aromatic rings. The molecule has 0 radical (unpaired) electrons. The quantitative estimate of drug-likeness (QED) is 0.808. The molecule has 0 unspecified atom stereocenters. The molecule has 4 nitrogen and oxygen atoms in total. The van der Waals surface area contributed by atoms with E-state index in [1.165, 1.54) is 0 Å². The predicted octanol–water partition coefficient (Wildman–Crippen LogP) is 2.47. The van der Waals surface area contributed by atoms with Crippen LogP contribution in [-0.4, -0.2) is 15.3 Å². The van der Waals surface area contributed by atoms with Crippen molar-refractivity contribution in [2.75, 3.05) is 0 Å². The first kappa shape index (κ1) is 12.3. The molecule has 0 aliphatic rings. The van der Waals surface area contributed by atoms with Gasteiger partial charge < -0.3 is 4.57 Å². The van der Waals surface area contributed by atoms with Crippen molar-refractivity contribution in [2.45, 2.75) is 32.7 Å². The van der Waals surface area contributed by atoms with Crippen molar-refractivity contribution in [3.8, 4) is 6.07 Å². The Morgan fingerprint density at radius 2 is 2.22 bits per heavy atom. The van der Waals surface area contributed by atoms with Gasteiger partial charge >= 0.3 is 0 Å². The molecular formula is C14H15N3O. The van der Waals surface area contributed by atoms with Gasteiger partial charge in [0.1, 0.15) is 5.82 Å². The third-order valence-corrected chi connectivity index (χ3v) is 2.83. The van der Waals surface area contributed by atoms with Gasteiger partial charge in [-0.15, -0.1) is 0 Å². The number of Topliss-reactive ketones (excluding diaryl/α,β-unsaturated/α-hetero) is 1. The van der Waals surface area contributed by atoms with Crippen molar-refractivity contribution in [3.05, 3.63) is 30.1 Å². The number of nitriles is 1. The molecule has 0 aliphatic carbocycles. The summed E-state index contributed by atoms with van der Waals surface area (Å²) in [5.41, 5.74) is 1.76. The zero-order valence-corrected chi connectivity index (χ0v) is 10.4. The third kappa shape index (κ3) is 2.40. The highest BCUT2D eigenvalue weighted by atomic mass is 16.1. The number of aromatic nitrogens is 2. The molecule has 0 fully saturated rings.